The monoisotopic (exact) mass is 652 g/mol. The van der Waals surface area contributed by atoms with E-state index in [0.717, 1.165) is 16.2 Å². The molecule has 6 rings (SSSR count). The Morgan fingerprint density at radius 2 is 1.80 bits per heavy atom. The number of piperidine rings is 1. The van der Waals surface area contributed by atoms with Gasteiger partial charge in [-0.2, -0.15) is 37.7 Å². The minimum Gasteiger partial charge on any atom is -0.338 e. The summed E-state index contributed by atoms with van der Waals surface area (Å²) in [7, 11) is -3.54. The lowest BCUT2D eigenvalue weighted by molar-refractivity contribution is -0.137. The van der Waals surface area contributed by atoms with Crippen LogP contribution in [0.5, 0.6) is 0 Å². The van der Waals surface area contributed by atoms with Crippen molar-refractivity contribution in [1.29, 1.82) is 5.26 Å². The maximum atomic E-state index is 13.1. The molecular formula is C29H27F3N10O3S. The fraction of sp³-hybridized carbons (Fsp3) is 0.310. The van der Waals surface area contributed by atoms with E-state index in [1.807, 2.05) is 18.3 Å². The van der Waals surface area contributed by atoms with E-state index in [1.54, 1.807) is 26.4 Å². The first-order chi connectivity index (χ1) is 21.9. The van der Waals surface area contributed by atoms with Crippen molar-refractivity contribution in [3.63, 3.8) is 0 Å². The molecule has 1 fully saturated rings. The van der Waals surface area contributed by atoms with Crippen LogP contribution in [0.4, 0.5) is 24.8 Å². The number of rotatable bonds is 8. The summed E-state index contributed by atoms with van der Waals surface area (Å²) in [5, 5.41) is 25.7. The number of carbonyl (C=O) groups excluding carboxylic acids is 1. The van der Waals surface area contributed by atoms with Crippen molar-refractivity contribution in [2.24, 2.45) is 0 Å². The van der Waals surface area contributed by atoms with Gasteiger partial charge in [0.2, 0.25) is 5.95 Å². The van der Waals surface area contributed by atoms with Crippen LogP contribution in [0.3, 0.4) is 0 Å². The Morgan fingerprint density at radius 1 is 1.07 bits per heavy atom. The Morgan fingerprint density at radius 3 is 2.48 bits per heavy atom. The molecule has 1 amide bonds. The third-order valence-corrected chi connectivity index (χ3v) is 9.54. The van der Waals surface area contributed by atoms with Gasteiger partial charge in [-0.05, 0) is 56.2 Å². The molecule has 0 unspecified atom stereocenters. The molecule has 5 aromatic rings. The number of fused-ring (bicyclic) bond motifs is 1. The largest absolute Gasteiger partial charge is 0.416 e. The lowest BCUT2D eigenvalue weighted by atomic mass is 9.84. The van der Waals surface area contributed by atoms with Crippen LogP contribution in [-0.2, 0) is 21.7 Å². The van der Waals surface area contributed by atoms with Crippen LogP contribution in [0.1, 0.15) is 42.1 Å². The molecule has 0 atom stereocenters. The van der Waals surface area contributed by atoms with E-state index in [9.17, 15) is 31.6 Å². The fourth-order valence-electron chi connectivity index (χ4n) is 5.42. The standard InChI is InChI=1S/C29H27F3N10O3S/c1-2-46(44,45)41-19-23(17-35-41)36-27-37-25-5-3-4-24(42(25)38-27)21-16-34-40(18-21)28(10-13-33)11-14-39(15-12-28)26(43)20-6-8-22(9-7-20)29(30,31)32/h3-9,16-19H,2,10-12,14-15H2,1H3,(H,36,38). The summed E-state index contributed by atoms with van der Waals surface area (Å²) in [6, 6.07) is 11.8. The number of nitrogens with zero attached hydrogens (tertiary/aromatic N) is 9. The average molecular weight is 653 g/mol. The molecule has 1 aromatic carbocycles. The molecule has 5 heterocycles. The summed E-state index contributed by atoms with van der Waals surface area (Å²) < 4.78 is 67.3. The van der Waals surface area contributed by atoms with E-state index in [1.165, 1.54) is 31.5 Å². The van der Waals surface area contributed by atoms with Gasteiger partial charge in [-0.25, -0.2) is 12.9 Å². The van der Waals surface area contributed by atoms with E-state index < -0.39 is 27.3 Å². The quantitative estimate of drug-likeness (QED) is 0.258. The average Bonchev–Trinajstić information content (AvgIpc) is 3.81. The van der Waals surface area contributed by atoms with Gasteiger partial charge >= 0.3 is 6.18 Å². The van der Waals surface area contributed by atoms with E-state index in [-0.39, 0.29) is 29.6 Å². The number of aromatic nitrogens is 7. The van der Waals surface area contributed by atoms with E-state index in [4.69, 9.17) is 0 Å². The zero-order chi connectivity index (χ0) is 32.7. The van der Waals surface area contributed by atoms with Crippen molar-refractivity contribution in [1.82, 2.24) is 38.5 Å². The van der Waals surface area contributed by atoms with Gasteiger partial charge in [0.05, 0.1) is 59.3 Å². The van der Waals surface area contributed by atoms with Crippen molar-refractivity contribution in [2.45, 2.75) is 37.9 Å². The summed E-state index contributed by atoms with van der Waals surface area (Å²) in [4.78, 5) is 19.1. The van der Waals surface area contributed by atoms with Crippen LogP contribution < -0.4 is 5.32 Å². The third-order valence-electron chi connectivity index (χ3n) is 8.04. The number of amides is 1. The zero-order valence-electron chi connectivity index (χ0n) is 24.4. The number of anilines is 2. The summed E-state index contributed by atoms with van der Waals surface area (Å²) in [5.74, 6) is -0.256. The molecule has 238 valence electrons. The Balaban J connectivity index is 1.20. The first-order valence-electron chi connectivity index (χ1n) is 14.2. The Bertz CT molecular complexity index is 2050. The van der Waals surface area contributed by atoms with Crippen molar-refractivity contribution in [2.75, 3.05) is 24.2 Å². The highest BCUT2D eigenvalue weighted by atomic mass is 32.2. The summed E-state index contributed by atoms with van der Waals surface area (Å²) in [5.41, 5.74) is 0.909. The number of halogens is 3. The molecule has 1 aliphatic rings. The number of alkyl halides is 3. The summed E-state index contributed by atoms with van der Waals surface area (Å²) >= 11 is 0. The SMILES string of the molecule is CCS(=O)(=O)n1cc(Nc2nc3cccc(-c4cnn(C5(CC#N)CCN(C(=O)c6ccc(C(F)(F)F)cc6)CC5)c4)n3n2)cn1. The molecule has 0 aliphatic carbocycles. The minimum atomic E-state index is -4.49. The van der Waals surface area contributed by atoms with Gasteiger partial charge in [0.15, 0.2) is 5.65 Å². The van der Waals surface area contributed by atoms with Crippen LogP contribution in [0.2, 0.25) is 0 Å². The van der Waals surface area contributed by atoms with Crippen LogP contribution in [0.25, 0.3) is 16.9 Å². The summed E-state index contributed by atoms with van der Waals surface area (Å²) in [6.07, 6.45) is 2.65. The molecule has 46 heavy (non-hydrogen) atoms. The van der Waals surface area contributed by atoms with Crippen molar-refractivity contribution in [3.05, 3.63) is 78.4 Å². The molecule has 0 spiro atoms. The maximum Gasteiger partial charge on any atom is 0.416 e. The molecule has 0 saturated carbocycles. The fourth-order valence-corrected chi connectivity index (χ4v) is 6.15. The second-order valence-electron chi connectivity index (χ2n) is 10.8. The van der Waals surface area contributed by atoms with Crippen molar-refractivity contribution < 1.29 is 26.4 Å². The van der Waals surface area contributed by atoms with Gasteiger partial charge in [-0.15, -0.1) is 5.10 Å². The molecule has 4 aromatic heterocycles. The molecule has 0 radical (unpaired) electrons. The van der Waals surface area contributed by atoms with Crippen LogP contribution >= 0.6 is 0 Å². The molecule has 1 aliphatic heterocycles. The van der Waals surface area contributed by atoms with Crippen molar-refractivity contribution >= 4 is 33.2 Å². The lowest BCUT2D eigenvalue weighted by Gasteiger charge is -2.40. The van der Waals surface area contributed by atoms with Crippen LogP contribution in [0, 0.1) is 11.3 Å². The van der Waals surface area contributed by atoms with Gasteiger partial charge in [0, 0.05) is 30.4 Å². The molecular weight excluding hydrogens is 625 g/mol. The number of benzene rings is 1. The smallest absolute Gasteiger partial charge is 0.338 e. The normalized spacial score (nSPS) is 15.2. The predicted octanol–water partition coefficient (Wildman–Crippen LogP) is 4.29. The highest BCUT2D eigenvalue weighted by Crippen LogP contribution is 2.35. The Kier molecular flexibility index (Phi) is 7.76. The van der Waals surface area contributed by atoms with Gasteiger partial charge in [-0.1, -0.05) is 6.07 Å². The maximum absolute atomic E-state index is 13.1. The first-order valence-corrected chi connectivity index (χ1v) is 15.8. The highest BCUT2D eigenvalue weighted by molar-refractivity contribution is 7.89. The highest BCUT2D eigenvalue weighted by Gasteiger charge is 2.39. The molecule has 0 bridgehead atoms. The molecule has 1 N–H and O–H groups in total. The number of likely N-dealkylation sites (tertiary alicyclic amines) is 1. The lowest BCUT2D eigenvalue weighted by Crippen LogP contribution is -2.48. The predicted molar refractivity (Wildman–Crippen MR) is 159 cm³/mol. The second-order valence-corrected chi connectivity index (χ2v) is 13.0. The van der Waals surface area contributed by atoms with Crippen LogP contribution in [0.15, 0.2) is 67.3 Å². The number of hydrogen-bond donors (Lipinski definition) is 1. The Hall–Kier alpha value is -5.24. The number of carbonyl (C=O) groups is 1. The number of pyridine rings is 1. The zero-order valence-corrected chi connectivity index (χ0v) is 25.2. The van der Waals surface area contributed by atoms with Crippen LogP contribution in [-0.4, -0.2) is 71.6 Å². The minimum absolute atomic E-state index is 0.105. The second kappa shape index (κ2) is 11.6. The van der Waals surface area contributed by atoms with Gasteiger partial charge < -0.3 is 10.2 Å². The third kappa shape index (κ3) is 5.78. The van der Waals surface area contributed by atoms with Crippen molar-refractivity contribution in [3.8, 4) is 17.3 Å². The number of nitriles is 1. The number of nitrogens with one attached hydrogen (secondary N) is 1. The first kappa shape index (κ1) is 30.8. The number of hydrogen-bond acceptors (Lipinski definition) is 9. The summed E-state index contributed by atoms with van der Waals surface area (Å²) in [6.45, 7) is 2.11. The topological polar surface area (TPSA) is 156 Å². The van der Waals surface area contributed by atoms with E-state index in [0.29, 0.717) is 48.5 Å². The van der Waals surface area contributed by atoms with Gasteiger partial charge in [-0.3, -0.25) is 9.48 Å². The molecule has 1 saturated heterocycles. The van der Waals surface area contributed by atoms with Gasteiger partial charge in [0.1, 0.15) is 0 Å². The molecule has 17 heteroatoms. The Labute approximate surface area is 260 Å². The van der Waals surface area contributed by atoms with Gasteiger partial charge in [0.25, 0.3) is 15.9 Å². The van der Waals surface area contributed by atoms with E-state index in [2.05, 4.69) is 31.7 Å². The van der Waals surface area contributed by atoms with E-state index >= 15 is 0 Å². The molecule has 13 nitrogen and oxygen atoms in total.